The van der Waals surface area contributed by atoms with Crippen LogP contribution in [-0.4, -0.2) is 13.2 Å². The van der Waals surface area contributed by atoms with Crippen LogP contribution in [0.3, 0.4) is 0 Å². The first kappa shape index (κ1) is 21.9. The lowest BCUT2D eigenvalue weighted by molar-refractivity contribution is 0.219. The molecule has 0 aliphatic rings. The van der Waals surface area contributed by atoms with E-state index in [4.69, 9.17) is 9.05 Å². The van der Waals surface area contributed by atoms with Crippen LogP contribution in [0.1, 0.15) is 19.4 Å². The van der Waals surface area contributed by atoms with Crippen molar-refractivity contribution in [3.8, 4) is 11.1 Å². The van der Waals surface area contributed by atoms with E-state index in [0.29, 0.717) is 13.2 Å². The molecule has 0 aliphatic carbocycles. The Morgan fingerprint density at radius 1 is 0.576 bits per heavy atom. The van der Waals surface area contributed by atoms with Crippen LogP contribution in [-0.2, 0) is 19.8 Å². The predicted octanol–water partition coefficient (Wildman–Crippen LogP) is 8.58. The molecule has 0 aromatic heterocycles. The zero-order valence-electron chi connectivity index (χ0n) is 19.0. The summed E-state index contributed by atoms with van der Waals surface area (Å²) >= 11 is 0. The van der Waals surface area contributed by atoms with Gasteiger partial charge in [0, 0.05) is 0 Å². The molecule has 4 heteroatoms. The Morgan fingerprint density at radius 2 is 1.03 bits per heavy atom. The SMILES string of the molecule is CCOP(=O)(Cc1ccc(-c2ccc3c4ccccc4c4ccccc4c3c2)cc1)OCC. The van der Waals surface area contributed by atoms with E-state index in [-0.39, 0.29) is 6.16 Å². The maximum absolute atomic E-state index is 12.9. The summed E-state index contributed by atoms with van der Waals surface area (Å²) in [6.07, 6.45) is 0.281. The summed E-state index contributed by atoms with van der Waals surface area (Å²) in [5.41, 5.74) is 3.23. The summed E-state index contributed by atoms with van der Waals surface area (Å²) in [5, 5.41) is 7.61. The third-order valence-corrected chi connectivity index (χ3v) is 8.11. The summed E-state index contributed by atoms with van der Waals surface area (Å²) in [7, 11) is -3.11. The van der Waals surface area contributed by atoms with Gasteiger partial charge in [-0.05, 0) is 68.9 Å². The van der Waals surface area contributed by atoms with Gasteiger partial charge in [-0.3, -0.25) is 4.57 Å². The molecular weight excluding hydrogens is 427 g/mol. The van der Waals surface area contributed by atoms with Gasteiger partial charge in [0.25, 0.3) is 0 Å². The van der Waals surface area contributed by atoms with Crippen LogP contribution in [0.2, 0.25) is 0 Å². The van der Waals surface area contributed by atoms with E-state index >= 15 is 0 Å². The summed E-state index contributed by atoms with van der Waals surface area (Å²) in [4.78, 5) is 0. The van der Waals surface area contributed by atoms with Gasteiger partial charge < -0.3 is 9.05 Å². The Balaban J connectivity index is 1.56. The molecule has 0 saturated heterocycles. The number of hydrogen-bond acceptors (Lipinski definition) is 3. The molecule has 0 atom stereocenters. The second kappa shape index (κ2) is 9.11. The Bertz CT molecular complexity index is 1440. The molecule has 0 fully saturated rings. The van der Waals surface area contributed by atoms with Crippen molar-refractivity contribution in [1.29, 1.82) is 0 Å². The second-order valence-electron chi connectivity index (χ2n) is 8.15. The number of rotatable bonds is 7. The molecule has 0 radical (unpaired) electrons. The van der Waals surface area contributed by atoms with E-state index in [1.165, 1.54) is 32.3 Å². The topological polar surface area (TPSA) is 35.5 Å². The van der Waals surface area contributed by atoms with Crippen molar-refractivity contribution < 1.29 is 13.6 Å². The summed E-state index contributed by atoms with van der Waals surface area (Å²) in [5.74, 6) is 0. The number of hydrogen-bond donors (Lipinski definition) is 0. The predicted molar refractivity (Wildman–Crippen MR) is 139 cm³/mol. The first-order valence-corrected chi connectivity index (χ1v) is 13.2. The van der Waals surface area contributed by atoms with Gasteiger partial charge in [0.15, 0.2) is 0 Å². The molecule has 5 aromatic rings. The van der Waals surface area contributed by atoms with Crippen molar-refractivity contribution in [1.82, 2.24) is 0 Å². The van der Waals surface area contributed by atoms with Crippen LogP contribution in [0, 0.1) is 0 Å². The van der Waals surface area contributed by atoms with E-state index < -0.39 is 7.60 Å². The second-order valence-corrected chi connectivity index (χ2v) is 10.2. The van der Waals surface area contributed by atoms with Gasteiger partial charge in [-0.15, -0.1) is 0 Å². The lowest BCUT2D eigenvalue weighted by atomic mass is 9.92. The monoisotopic (exact) mass is 454 g/mol. The lowest BCUT2D eigenvalue weighted by Crippen LogP contribution is -1.99. The molecule has 5 rings (SSSR count). The van der Waals surface area contributed by atoms with E-state index in [9.17, 15) is 4.57 Å². The molecule has 166 valence electrons. The average Bonchev–Trinajstić information content (AvgIpc) is 2.84. The van der Waals surface area contributed by atoms with Crippen LogP contribution in [0.4, 0.5) is 0 Å². The zero-order chi connectivity index (χ0) is 22.8. The summed E-state index contributed by atoms with van der Waals surface area (Å²) in [6.45, 7) is 4.41. The highest BCUT2D eigenvalue weighted by molar-refractivity contribution is 7.53. The van der Waals surface area contributed by atoms with E-state index in [1.54, 1.807) is 0 Å². The van der Waals surface area contributed by atoms with Crippen molar-refractivity contribution in [3.63, 3.8) is 0 Å². The van der Waals surface area contributed by atoms with Crippen molar-refractivity contribution in [2.24, 2.45) is 0 Å². The van der Waals surface area contributed by atoms with Crippen molar-refractivity contribution in [2.75, 3.05) is 13.2 Å². The minimum Gasteiger partial charge on any atom is -0.309 e. The molecule has 0 spiro atoms. The largest absolute Gasteiger partial charge is 0.335 e. The number of fused-ring (bicyclic) bond motifs is 6. The van der Waals surface area contributed by atoms with Crippen molar-refractivity contribution in [3.05, 3.63) is 96.6 Å². The van der Waals surface area contributed by atoms with Crippen LogP contribution in [0.25, 0.3) is 43.4 Å². The highest BCUT2D eigenvalue weighted by atomic mass is 31.2. The van der Waals surface area contributed by atoms with Crippen molar-refractivity contribution in [2.45, 2.75) is 20.0 Å². The molecule has 0 unspecified atom stereocenters. The van der Waals surface area contributed by atoms with E-state index in [1.807, 2.05) is 26.0 Å². The molecular formula is C29H27O3P. The minimum absolute atomic E-state index is 0.281. The average molecular weight is 455 g/mol. The molecule has 0 N–H and O–H groups in total. The van der Waals surface area contributed by atoms with Gasteiger partial charge in [0.1, 0.15) is 0 Å². The fraction of sp³-hybridized carbons (Fsp3) is 0.172. The van der Waals surface area contributed by atoms with Crippen LogP contribution in [0.5, 0.6) is 0 Å². The smallest absolute Gasteiger partial charge is 0.309 e. The van der Waals surface area contributed by atoms with Gasteiger partial charge in [-0.2, -0.15) is 0 Å². The molecule has 5 aromatic carbocycles. The van der Waals surface area contributed by atoms with Gasteiger partial charge in [0.2, 0.25) is 0 Å². The Kier molecular flexibility index (Phi) is 6.03. The first-order valence-electron chi connectivity index (χ1n) is 11.4. The molecule has 0 amide bonds. The molecule has 0 heterocycles. The fourth-order valence-corrected chi connectivity index (χ4v) is 6.34. The Morgan fingerprint density at radius 3 is 1.55 bits per heavy atom. The standard InChI is InChI=1S/C29H27O3P/c1-3-31-33(30,32-4-2)20-21-13-15-22(16-14-21)23-17-18-28-26-11-6-5-9-24(26)25-10-7-8-12-27(25)29(28)19-23/h5-19H,3-4,20H2,1-2H3. The van der Waals surface area contributed by atoms with Crippen LogP contribution < -0.4 is 0 Å². The quantitative estimate of drug-likeness (QED) is 0.182. The molecule has 3 nitrogen and oxygen atoms in total. The summed E-state index contributed by atoms with van der Waals surface area (Å²) < 4.78 is 23.8. The van der Waals surface area contributed by atoms with Crippen molar-refractivity contribution >= 4 is 39.9 Å². The molecule has 33 heavy (non-hydrogen) atoms. The normalized spacial score (nSPS) is 12.1. The minimum atomic E-state index is -3.11. The fourth-order valence-electron chi connectivity index (χ4n) is 4.64. The third-order valence-electron chi connectivity index (χ3n) is 6.06. The van der Waals surface area contributed by atoms with Crippen LogP contribution >= 0.6 is 7.60 Å². The van der Waals surface area contributed by atoms with Gasteiger partial charge in [-0.1, -0.05) is 84.9 Å². The molecule has 0 saturated carbocycles. The highest BCUT2D eigenvalue weighted by Gasteiger charge is 2.24. The Hall–Kier alpha value is -2.97. The summed E-state index contributed by atoms with van der Waals surface area (Å²) in [6, 6.07) is 32.1. The molecule has 0 bridgehead atoms. The Labute approximate surface area is 194 Å². The zero-order valence-corrected chi connectivity index (χ0v) is 19.8. The third kappa shape index (κ3) is 4.20. The van der Waals surface area contributed by atoms with E-state index in [0.717, 1.165) is 16.7 Å². The van der Waals surface area contributed by atoms with Gasteiger partial charge >= 0.3 is 7.60 Å². The van der Waals surface area contributed by atoms with Gasteiger partial charge in [-0.25, -0.2) is 0 Å². The molecule has 0 aliphatic heterocycles. The van der Waals surface area contributed by atoms with Gasteiger partial charge in [0.05, 0.1) is 19.4 Å². The van der Waals surface area contributed by atoms with E-state index in [2.05, 4.69) is 78.9 Å². The highest BCUT2D eigenvalue weighted by Crippen LogP contribution is 2.51. The maximum atomic E-state index is 12.9. The lowest BCUT2D eigenvalue weighted by Gasteiger charge is -2.17. The number of benzene rings is 5. The maximum Gasteiger partial charge on any atom is 0.335 e. The van der Waals surface area contributed by atoms with Crippen LogP contribution in [0.15, 0.2) is 91.0 Å². The first-order chi connectivity index (χ1) is 16.1.